The number of carbonyl (C=O) groups is 1. The van der Waals surface area contributed by atoms with E-state index in [1.807, 2.05) is 0 Å². The van der Waals surface area contributed by atoms with Gasteiger partial charge in [-0.2, -0.15) is 13.2 Å². The maximum Gasteiger partial charge on any atom is 0.416 e. The van der Waals surface area contributed by atoms with Gasteiger partial charge in [0.05, 0.1) is 35.1 Å². The molecule has 0 amide bonds. The van der Waals surface area contributed by atoms with Gasteiger partial charge in [0.2, 0.25) is 0 Å². The Bertz CT molecular complexity index is 668. The van der Waals surface area contributed by atoms with Crippen molar-refractivity contribution in [1.29, 1.82) is 0 Å². The minimum atomic E-state index is -4.53. The van der Waals surface area contributed by atoms with E-state index in [0.29, 0.717) is 10.7 Å². The lowest BCUT2D eigenvalue weighted by Crippen LogP contribution is -2.11. The third-order valence-electron chi connectivity index (χ3n) is 2.75. The van der Waals surface area contributed by atoms with Crippen LogP contribution in [0.5, 0.6) is 0 Å². The Hall–Kier alpha value is -2.09. The highest BCUT2D eigenvalue weighted by Crippen LogP contribution is 2.34. The zero-order valence-corrected chi connectivity index (χ0v) is 11.9. The van der Waals surface area contributed by atoms with E-state index < -0.39 is 17.7 Å². The van der Waals surface area contributed by atoms with Gasteiger partial charge in [0, 0.05) is 0 Å². The molecule has 0 aliphatic heterocycles. The van der Waals surface area contributed by atoms with Gasteiger partial charge in [-0.25, -0.2) is 9.78 Å². The van der Waals surface area contributed by atoms with E-state index in [0.717, 1.165) is 19.2 Å². The zero-order valence-electron chi connectivity index (χ0n) is 11.1. The number of alkyl halides is 3. The normalized spacial score (nSPS) is 11.3. The number of esters is 1. The summed E-state index contributed by atoms with van der Waals surface area (Å²) < 4.78 is 42.7. The monoisotopic (exact) mass is 316 g/mol. The van der Waals surface area contributed by atoms with Crippen LogP contribution in [0, 0.1) is 6.92 Å². The summed E-state index contributed by atoms with van der Waals surface area (Å²) in [6.07, 6.45) is -4.53. The van der Waals surface area contributed by atoms with Crippen molar-refractivity contribution in [3.05, 3.63) is 40.5 Å². The number of aryl methyl sites for hydroxylation is 1. The number of halogens is 3. The molecule has 0 radical (unpaired) electrons. The molecule has 0 saturated heterocycles. The molecule has 0 aliphatic rings. The Labute approximate surface area is 122 Å². The number of ether oxygens (including phenoxy) is 1. The first-order chi connectivity index (χ1) is 9.82. The number of aromatic nitrogens is 1. The second-order valence-electron chi connectivity index (χ2n) is 4.14. The van der Waals surface area contributed by atoms with Crippen LogP contribution in [0.25, 0.3) is 0 Å². The van der Waals surface area contributed by atoms with Crippen molar-refractivity contribution in [1.82, 2.24) is 4.98 Å². The quantitative estimate of drug-likeness (QED) is 0.870. The van der Waals surface area contributed by atoms with E-state index in [-0.39, 0.29) is 11.3 Å². The first-order valence-electron chi connectivity index (χ1n) is 5.79. The number of hydrogen-bond donors (Lipinski definition) is 1. The Kier molecular flexibility index (Phi) is 4.17. The SMILES string of the molecule is COC(=O)c1cc(C(F)(F)F)ccc1Nc1scnc1C. The Balaban J connectivity index is 2.45. The molecule has 1 heterocycles. The van der Waals surface area contributed by atoms with Crippen LogP contribution in [-0.2, 0) is 10.9 Å². The number of carbonyl (C=O) groups excluding carboxylic acids is 1. The maximum absolute atomic E-state index is 12.7. The molecule has 0 aliphatic carbocycles. The number of hydrogen-bond acceptors (Lipinski definition) is 5. The highest BCUT2D eigenvalue weighted by molar-refractivity contribution is 7.14. The van der Waals surface area contributed by atoms with Gasteiger partial charge in [-0.05, 0) is 25.1 Å². The number of nitrogens with zero attached hydrogens (tertiary/aromatic N) is 1. The second kappa shape index (κ2) is 5.72. The summed E-state index contributed by atoms with van der Waals surface area (Å²) in [4.78, 5) is 15.7. The summed E-state index contributed by atoms with van der Waals surface area (Å²) in [7, 11) is 1.12. The molecular formula is C13H11F3N2O2S. The van der Waals surface area contributed by atoms with E-state index >= 15 is 0 Å². The molecule has 1 N–H and O–H groups in total. The zero-order chi connectivity index (χ0) is 15.6. The summed E-state index contributed by atoms with van der Waals surface area (Å²) in [6.45, 7) is 1.75. The Morgan fingerprint density at radius 2 is 2.10 bits per heavy atom. The van der Waals surface area contributed by atoms with E-state index in [1.54, 1.807) is 12.4 Å². The average Bonchev–Trinajstić information content (AvgIpc) is 2.82. The minimum absolute atomic E-state index is 0.180. The molecule has 0 spiro atoms. The smallest absolute Gasteiger partial charge is 0.416 e. The van der Waals surface area contributed by atoms with E-state index in [1.165, 1.54) is 17.4 Å². The van der Waals surface area contributed by atoms with Gasteiger partial charge >= 0.3 is 12.1 Å². The summed E-state index contributed by atoms with van der Waals surface area (Å²) in [5, 5.41) is 3.56. The van der Waals surface area contributed by atoms with Gasteiger partial charge < -0.3 is 10.1 Å². The summed E-state index contributed by atoms with van der Waals surface area (Å²) in [5.41, 5.74) is 1.44. The second-order valence-corrected chi connectivity index (χ2v) is 5.00. The number of rotatable bonds is 3. The predicted octanol–water partition coefficient (Wildman–Crippen LogP) is 4.00. The highest BCUT2D eigenvalue weighted by Gasteiger charge is 2.32. The van der Waals surface area contributed by atoms with Gasteiger partial charge in [0.1, 0.15) is 5.00 Å². The third kappa shape index (κ3) is 3.33. The minimum Gasteiger partial charge on any atom is -0.465 e. The molecule has 0 fully saturated rings. The molecule has 2 rings (SSSR count). The molecule has 2 aromatic rings. The van der Waals surface area contributed by atoms with Crippen LogP contribution < -0.4 is 5.32 Å². The molecule has 1 aromatic heterocycles. The van der Waals surface area contributed by atoms with Crippen LogP contribution in [0.15, 0.2) is 23.7 Å². The van der Waals surface area contributed by atoms with Crippen LogP contribution in [0.2, 0.25) is 0 Å². The number of anilines is 2. The van der Waals surface area contributed by atoms with Crippen molar-refractivity contribution in [2.75, 3.05) is 12.4 Å². The Morgan fingerprint density at radius 3 is 2.62 bits per heavy atom. The summed E-state index contributed by atoms with van der Waals surface area (Å²) in [5.74, 6) is -0.842. The summed E-state index contributed by atoms with van der Waals surface area (Å²) in [6, 6.07) is 2.88. The Morgan fingerprint density at radius 1 is 1.38 bits per heavy atom. The highest BCUT2D eigenvalue weighted by atomic mass is 32.1. The topological polar surface area (TPSA) is 51.2 Å². The van der Waals surface area contributed by atoms with Crippen LogP contribution >= 0.6 is 11.3 Å². The molecule has 112 valence electrons. The molecule has 1 aromatic carbocycles. The lowest BCUT2D eigenvalue weighted by molar-refractivity contribution is -0.137. The van der Waals surface area contributed by atoms with Crippen molar-refractivity contribution in [3.63, 3.8) is 0 Å². The molecule has 0 unspecified atom stereocenters. The summed E-state index contributed by atoms with van der Waals surface area (Å²) >= 11 is 1.29. The van der Waals surface area contributed by atoms with Crippen molar-refractivity contribution in [2.45, 2.75) is 13.1 Å². The standard InChI is InChI=1S/C13H11F3N2O2S/c1-7-11(21-6-17-7)18-10-4-3-8(13(14,15)16)5-9(10)12(19)20-2/h3-6,18H,1-2H3. The molecule has 4 nitrogen and oxygen atoms in total. The molecule has 0 atom stereocenters. The van der Waals surface area contributed by atoms with Crippen molar-refractivity contribution >= 4 is 28.0 Å². The van der Waals surface area contributed by atoms with Gasteiger partial charge in [0.15, 0.2) is 0 Å². The first-order valence-corrected chi connectivity index (χ1v) is 6.67. The average molecular weight is 316 g/mol. The molecule has 21 heavy (non-hydrogen) atoms. The van der Waals surface area contributed by atoms with Crippen molar-refractivity contribution in [2.24, 2.45) is 0 Å². The number of benzene rings is 1. The number of methoxy groups -OCH3 is 1. The van der Waals surface area contributed by atoms with Crippen LogP contribution in [0.3, 0.4) is 0 Å². The molecule has 8 heteroatoms. The van der Waals surface area contributed by atoms with Crippen LogP contribution in [0.1, 0.15) is 21.6 Å². The number of nitrogens with one attached hydrogen (secondary N) is 1. The maximum atomic E-state index is 12.7. The van der Waals surface area contributed by atoms with Gasteiger partial charge in [-0.15, -0.1) is 11.3 Å². The molecule has 0 bridgehead atoms. The lowest BCUT2D eigenvalue weighted by atomic mass is 10.1. The van der Waals surface area contributed by atoms with E-state index in [4.69, 9.17) is 0 Å². The van der Waals surface area contributed by atoms with Crippen molar-refractivity contribution in [3.8, 4) is 0 Å². The van der Waals surface area contributed by atoms with E-state index in [2.05, 4.69) is 15.0 Å². The van der Waals surface area contributed by atoms with Gasteiger partial charge in [0.25, 0.3) is 0 Å². The third-order valence-corrected chi connectivity index (χ3v) is 3.59. The van der Waals surface area contributed by atoms with Crippen molar-refractivity contribution < 1.29 is 22.7 Å². The predicted molar refractivity (Wildman–Crippen MR) is 72.9 cm³/mol. The largest absolute Gasteiger partial charge is 0.465 e. The fraction of sp³-hybridized carbons (Fsp3) is 0.231. The fourth-order valence-corrected chi connectivity index (χ4v) is 2.36. The van der Waals surface area contributed by atoms with Gasteiger partial charge in [-0.3, -0.25) is 0 Å². The van der Waals surface area contributed by atoms with Crippen LogP contribution in [0.4, 0.5) is 23.9 Å². The first kappa shape index (κ1) is 15.3. The van der Waals surface area contributed by atoms with Crippen LogP contribution in [-0.4, -0.2) is 18.1 Å². The molecule has 0 saturated carbocycles. The van der Waals surface area contributed by atoms with E-state index in [9.17, 15) is 18.0 Å². The molecular weight excluding hydrogens is 305 g/mol. The number of thiazole rings is 1. The lowest BCUT2D eigenvalue weighted by Gasteiger charge is -2.13. The fourth-order valence-electron chi connectivity index (χ4n) is 1.65. The van der Waals surface area contributed by atoms with Gasteiger partial charge in [-0.1, -0.05) is 0 Å².